The first-order chi connectivity index (χ1) is 11.0. The lowest BCUT2D eigenvalue weighted by Gasteiger charge is -2.15. The molecule has 2 rings (SSSR count). The van der Waals surface area contributed by atoms with Gasteiger partial charge in [0.05, 0.1) is 18.6 Å². The Labute approximate surface area is 134 Å². The van der Waals surface area contributed by atoms with Crippen LogP contribution in [0, 0.1) is 6.92 Å². The zero-order chi connectivity index (χ0) is 16.8. The zero-order valence-electron chi connectivity index (χ0n) is 13.3. The summed E-state index contributed by atoms with van der Waals surface area (Å²) in [6, 6.07) is 8.57. The highest BCUT2D eigenvalue weighted by Gasteiger charge is 2.22. The highest BCUT2D eigenvalue weighted by Crippen LogP contribution is 2.24. The van der Waals surface area contributed by atoms with Gasteiger partial charge in [-0.05, 0) is 39.0 Å². The van der Waals surface area contributed by atoms with Crippen LogP contribution in [0.4, 0.5) is 5.69 Å². The fourth-order valence-corrected chi connectivity index (χ4v) is 1.96. The number of carbonyl (C=O) groups is 2. The largest absolute Gasteiger partial charge is 0.492 e. The molecule has 0 radical (unpaired) electrons. The summed E-state index contributed by atoms with van der Waals surface area (Å²) in [6.07, 6.45) is 0.445. The van der Waals surface area contributed by atoms with E-state index in [0.29, 0.717) is 29.4 Å². The number of hydrogen-bond acceptors (Lipinski definition) is 5. The van der Waals surface area contributed by atoms with Crippen LogP contribution < -0.4 is 10.1 Å². The Bertz CT molecular complexity index is 692. The van der Waals surface area contributed by atoms with Crippen molar-refractivity contribution in [3.63, 3.8) is 0 Å². The smallest absolute Gasteiger partial charge is 0.342 e. The number of carbonyl (C=O) groups excluding carboxylic acids is 2. The molecule has 1 aromatic heterocycles. The van der Waals surface area contributed by atoms with Crippen molar-refractivity contribution in [2.24, 2.45) is 0 Å². The molecule has 0 fully saturated rings. The van der Waals surface area contributed by atoms with E-state index >= 15 is 0 Å². The van der Waals surface area contributed by atoms with Crippen LogP contribution >= 0.6 is 0 Å². The lowest BCUT2D eigenvalue weighted by Crippen LogP contribution is -2.30. The number of aryl methyl sites for hydroxylation is 1. The van der Waals surface area contributed by atoms with Crippen LogP contribution in [0.3, 0.4) is 0 Å². The molecule has 1 aromatic carbocycles. The van der Waals surface area contributed by atoms with E-state index in [1.807, 2.05) is 13.0 Å². The standard InChI is InChI=1S/C17H19NO5/c1-4-21-15-8-6-5-7-14(15)18-16(19)12(3)23-17(20)13-9-10-22-11(13)2/h5-10,12H,4H2,1-3H3,(H,18,19)/t12-/m0/s1. The molecule has 2 aromatic rings. The van der Waals surface area contributed by atoms with Crippen LogP contribution in [0.25, 0.3) is 0 Å². The van der Waals surface area contributed by atoms with Crippen molar-refractivity contribution >= 4 is 17.6 Å². The van der Waals surface area contributed by atoms with Crippen molar-refractivity contribution in [3.8, 4) is 5.75 Å². The molecular formula is C17H19NO5. The average Bonchev–Trinajstić information content (AvgIpc) is 2.95. The maximum atomic E-state index is 12.2. The number of hydrogen-bond donors (Lipinski definition) is 1. The molecule has 0 bridgehead atoms. The predicted molar refractivity (Wildman–Crippen MR) is 84.6 cm³/mol. The summed E-state index contributed by atoms with van der Waals surface area (Å²) in [6.45, 7) is 5.50. The topological polar surface area (TPSA) is 77.8 Å². The Hall–Kier alpha value is -2.76. The first-order valence-corrected chi connectivity index (χ1v) is 7.30. The molecular weight excluding hydrogens is 298 g/mol. The first kappa shape index (κ1) is 16.6. The van der Waals surface area contributed by atoms with E-state index < -0.39 is 18.0 Å². The number of benzene rings is 1. The Morgan fingerprint density at radius 1 is 1.26 bits per heavy atom. The summed E-state index contributed by atoms with van der Waals surface area (Å²) in [4.78, 5) is 24.2. The van der Waals surface area contributed by atoms with E-state index in [9.17, 15) is 9.59 Å². The van der Waals surface area contributed by atoms with Gasteiger partial charge in [0, 0.05) is 0 Å². The fourth-order valence-electron chi connectivity index (χ4n) is 1.96. The van der Waals surface area contributed by atoms with Gasteiger partial charge in [0.25, 0.3) is 5.91 Å². The Morgan fingerprint density at radius 3 is 2.65 bits per heavy atom. The van der Waals surface area contributed by atoms with Crippen LogP contribution in [0.5, 0.6) is 5.75 Å². The van der Waals surface area contributed by atoms with Gasteiger partial charge in [-0.2, -0.15) is 0 Å². The van der Waals surface area contributed by atoms with Gasteiger partial charge in [-0.25, -0.2) is 4.79 Å². The molecule has 122 valence electrons. The Kier molecular flexibility index (Phi) is 5.41. The lowest BCUT2D eigenvalue weighted by atomic mass is 10.2. The summed E-state index contributed by atoms with van der Waals surface area (Å²) in [7, 11) is 0. The van der Waals surface area contributed by atoms with Gasteiger partial charge in [-0.15, -0.1) is 0 Å². The van der Waals surface area contributed by atoms with E-state index in [-0.39, 0.29) is 0 Å². The summed E-state index contributed by atoms with van der Waals surface area (Å²) in [5.41, 5.74) is 0.834. The summed E-state index contributed by atoms with van der Waals surface area (Å²) in [5.74, 6) is -0.0273. The highest BCUT2D eigenvalue weighted by atomic mass is 16.5. The van der Waals surface area contributed by atoms with Gasteiger partial charge >= 0.3 is 5.97 Å². The molecule has 23 heavy (non-hydrogen) atoms. The molecule has 0 aliphatic heterocycles. The van der Waals surface area contributed by atoms with E-state index in [0.717, 1.165) is 0 Å². The maximum Gasteiger partial charge on any atom is 0.342 e. The van der Waals surface area contributed by atoms with Crippen molar-refractivity contribution in [1.82, 2.24) is 0 Å². The molecule has 1 amide bonds. The molecule has 1 N–H and O–H groups in total. The minimum atomic E-state index is -0.952. The van der Waals surface area contributed by atoms with Gasteiger partial charge in [-0.3, -0.25) is 4.79 Å². The third-order valence-corrected chi connectivity index (χ3v) is 3.18. The average molecular weight is 317 g/mol. The molecule has 1 heterocycles. The number of amides is 1. The second-order valence-electron chi connectivity index (χ2n) is 4.86. The zero-order valence-corrected chi connectivity index (χ0v) is 13.3. The second-order valence-corrected chi connectivity index (χ2v) is 4.86. The number of furan rings is 1. The van der Waals surface area contributed by atoms with Crippen LogP contribution in [0.15, 0.2) is 41.0 Å². The summed E-state index contributed by atoms with van der Waals surface area (Å²) < 4.78 is 15.6. The third-order valence-electron chi connectivity index (χ3n) is 3.18. The number of esters is 1. The number of para-hydroxylation sites is 2. The molecule has 0 saturated heterocycles. The molecule has 0 unspecified atom stereocenters. The molecule has 0 spiro atoms. The predicted octanol–water partition coefficient (Wildman–Crippen LogP) is 3.17. The van der Waals surface area contributed by atoms with Crippen LogP contribution in [0.2, 0.25) is 0 Å². The van der Waals surface area contributed by atoms with E-state index in [1.165, 1.54) is 19.3 Å². The highest BCUT2D eigenvalue weighted by molar-refractivity contribution is 5.98. The molecule has 6 heteroatoms. The van der Waals surface area contributed by atoms with E-state index in [1.54, 1.807) is 25.1 Å². The Morgan fingerprint density at radius 2 is 2.00 bits per heavy atom. The van der Waals surface area contributed by atoms with E-state index in [2.05, 4.69) is 5.32 Å². The van der Waals surface area contributed by atoms with Crippen LogP contribution in [-0.2, 0) is 9.53 Å². The summed E-state index contributed by atoms with van der Waals surface area (Å²) in [5, 5.41) is 2.70. The second kappa shape index (κ2) is 7.49. The van der Waals surface area contributed by atoms with Gasteiger partial charge < -0.3 is 19.2 Å². The molecule has 0 saturated carbocycles. The number of anilines is 1. The van der Waals surface area contributed by atoms with Crippen molar-refractivity contribution < 1.29 is 23.5 Å². The van der Waals surface area contributed by atoms with Crippen LogP contribution in [0.1, 0.15) is 30.0 Å². The number of ether oxygens (including phenoxy) is 2. The van der Waals surface area contributed by atoms with Gasteiger partial charge in [-0.1, -0.05) is 12.1 Å². The van der Waals surface area contributed by atoms with Gasteiger partial charge in [0.2, 0.25) is 0 Å². The lowest BCUT2D eigenvalue weighted by molar-refractivity contribution is -0.123. The SMILES string of the molecule is CCOc1ccccc1NC(=O)[C@H](C)OC(=O)c1ccoc1C. The quantitative estimate of drug-likeness (QED) is 0.828. The molecule has 0 aliphatic carbocycles. The third kappa shape index (κ3) is 4.12. The normalized spacial score (nSPS) is 11.6. The minimum Gasteiger partial charge on any atom is -0.492 e. The van der Waals surface area contributed by atoms with Gasteiger partial charge in [0.15, 0.2) is 6.10 Å². The maximum absolute atomic E-state index is 12.2. The Balaban J connectivity index is 2.00. The number of rotatable bonds is 6. The van der Waals surface area contributed by atoms with Crippen LogP contribution in [-0.4, -0.2) is 24.6 Å². The molecule has 6 nitrogen and oxygen atoms in total. The minimum absolute atomic E-state index is 0.305. The molecule has 0 aliphatic rings. The van der Waals surface area contributed by atoms with Crippen molar-refractivity contribution in [3.05, 3.63) is 47.9 Å². The van der Waals surface area contributed by atoms with Crippen molar-refractivity contribution in [1.29, 1.82) is 0 Å². The summed E-state index contributed by atoms with van der Waals surface area (Å²) >= 11 is 0. The van der Waals surface area contributed by atoms with E-state index in [4.69, 9.17) is 13.9 Å². The van der Waals surface area contributed by atoms with Crippen molar-refractivity contribution in [2.45, 2.75) is 26.9 Å². The molecule has 1 atom stereocenters. The van der Waals surface area contributed by atoms with Crippen molar-refractivity contribution in [2.75, 3.05) is 11.9 Å². The monoisotopic (exact) mass is 317 g/mol. The van der Waals surface area contributed by atoms with Gasteiger partial charge in [0.1, 0.15) is 17.1 Å². The number of nitrogens with one attached hydrogen (secondary N) is 1. The first-order valence-electron chi connectivity index (χ1n) is 7.30. The fraction of sp³-hybridized carbons (Fsp3) is 0.294.